The molecule has 5 nitrogen and oxygen atoms in total. The van der Waals surface area contributed by atoms with Gasteiger partial charge in [0.1, 0.15) is 5.82 Å². The van der Waals surface area contributed by atoms with E-state index in [2.05, 4.69) is 14.9 Å². The Bertz CT molecular complexity index is 733. The Hall–Kier alpha value is -1.56. The molecule has 0 aliphatic carbocycles. The first kappa shape index (κ1) is 17.3. The van der Waals surface area contributed by atoms with Gasteiger partial charge in [0.05, 0.1) is 12.6 Å². The summed E-state index contributed by atoms with van der Waals surface area (Å²) >= 11 is 12.7. The second-order valence-electron chi connectivity index (χ2n) is 5.99. The van der Waals surface area contributed by atoms with Gasteiger partial charge < -0.3 is 15.4 Å². The van der Waals surface area contributed by atoms with E-state index in [1.807, 2.05) is 26.0 Å². The van der Waals surface area contributed by atoms with Crippen LogP contribution in [0, 0.1) is 13.8 Å². The van der Waals surface area contributed by atoms with Crippen molar-refractivity contribution >= 4 is 35.0 Å². The number of nitrogen functional groups attached to an aromatic ring is 1. The van der Waals surface area contributed by atoms with Crippen LogP contribution in [0.5, 0.6) is 0 Å². The summed E-state index contributed by atoms with van der Waals surface area (Å²) in [5, 5.41) is 1.29. The molecule has 1 aliphatic heterocycles. The predicted molar refractivity (Wildman–Crippen MR) is 97.9 cm³/mol. The maximum Gasteiger partial charge on any atom is 0.222 e. The zero-order valence-corrected chi connectivity index (χ0v) is 15.2. The molecular formula is C17H20Cl2N4O. The number of ether oxygens (including phenoxy) is 1. The van der Waals surface area contributed by atoms with Crippen molar-refractivity contribution in [2.24, 2.45) is 0 Å². The molecule has 1 unspecified atom stereocenters. The lowest BCUT2D eigenvalue weighted by molar-refractivity contribution is 0.134. The van der Waals surface area contributed by atoms with Gasteiger partial charge in [-0.05, 0) is 37.5 Å². The van der Waals surface area contributed by atoms with Gasteiger partial charge in [0.15, 0.2) is 0 Å². The third-order valence-electron chi connectivity index (χ3n) is 4.13. The molecule has 0 saturated carbocycles. The lowest BCUT2D eigenvalue weighted by atomic mass is 10.0. The number of hydrogen-bond donors (Lipinski definition) is 1. The largest absolute Gasteiger partial charge is 0.379 e. The highest BCUT2D eigenvalue weighted by Gasteiger charge is 2.27. The van der Waals surface area contributed by atoms with Gasteiger partial charge in [-0.1, -0.05) is 29.3 Å². The molecular weight excluding hydrogens is 347 g/mol. The van der Waals surface area contributed by atoms with E-state index in [9.17, 15) is 0 Å². The van der Waals surface area contributed by atoms with Gasteiger partial charge in [0.2, 0.25) is 5.95 Å². The highest BCUT2D eigenvalue weighted by atomic mass is 35.5. The number of rotatable bonds is 2. The average Bonchev–Trinajstić information content (AvgIpc) is 2.75. The van der Waals surface area contributed by atoms with Crippen LogP contribution in [0.1, 0.15) is 29.3 Å². The van der Waals surface area contributed by atoms with Crippen molar-refractivity contribution in [3.05, 3.63) is 45.1 Å². The minimum absolute atomic E-state index is 0.0512. The quantitative estimate of drug-likeness (QED) is 0.871. The normalized spacial score (nSPS) is 18.5. The molecule has 1 atom stereocenters. The van der Waals surface area contributed by atoms with Crippen molar-refractivity contribution in [2.75, 3.05) is 30.4 Å². The van der Waals surface area contributed by atoms with Crippen molar-refractivity contribution in [1.82, 2.24) is 9.97 Å². The zero-order valence-electron chi connectivity index (χ0n) is 13.7. The highest BCUT2D eigenvalue weighted by molar-refractivity contribution is 6.35. The number of halogens is 2. The van der Waals surface area contributed by atoms with Crippen molar-refractivity contribution in [2.45, 2.75) is 26.3 Å². The summed E-state index contributed by atoms with van der Waals surface area (Å²) in [4.78, 5) is 10.8. The molecule has 0 amide bonds. The molecule has 0 radical (unpaired) electrons. The smallest absolute Gasteiger partial charge is 0.222 e. The fourth-order valence-electron chi connectivity index (χ4n) is 2.97. The SMILES string of the molecule is Cc1cc(N2CCCOCC2c2cc(C)c(Cl)cc2Cl)nc(N)n1. The molecule has 3 rings (SSSR count). The van der Waals surface area contributed by atoms with Gasteiger partial charge in [-0.3, -0.25) is 0 Å². The van der Waals surface area contributed by atoms with Gasteiger partial charge in [-0.2, -0.15) is 4.98 Å². The summed E-state index contributed by atoms with van der Waals surface area (Å²) in [6.45, 7) is 5.92. The molecule has 0 bridgehead atoms. The third-order valence-corrected chi connectivity index (χ3v) is 4.86. The van der Waals surface area contributed by atoms with Crippen LogP contribution in [0.4, 0.5) is 11.8 Å². The monoisotopic (exact) mass is 366 g/mol. The zero-order chi connectivity index (χ0) is 17.3. The van der Waals surface area contributed by atoms with Gasteiger partial charge in [-0.25, -0.2) is 4.98 Å². The van der Waals surface area contributed by atoms with E-state index in [0.29, 0.717) is 23.3 Å². The Kier molecular flexibility index (Phi) is 5.13. The molecule has 7 heteroatoms. The Morgan fingerprint density at radius 1 is 1.17 bits per heavy atom. The van der Waals surface area contributed by atoms with E-state index in [0.717, 1.165) is 35.6 Å². The lowest BCUT2D eigenvalue weighted by Crippen LogP contribution is -2.32. The second kappa shape index (κ2) is 7.13. The van der Waals surface area contributed by atoms with Crippen LogP contribution < -0.4 is 10.6 Å². The maximum absolute atomic E-state index is 6.48. The fourth-order valence-corrected chi connectivity index (χ4v) is 3.48. The Morgan fingerprint density at radius 3 is 2.71 bits per heavy atom. The van der Waals surface area contributed by atoms with Crippen LogP contribution in [0.15, 0.2) is 18.2 Å². The van der Waals surface area contributed by atoms with Crippen LogP contribution in [0.3, 0.4) is 0 Å². The lowest BCUT2D eigenvalue weighted by Gasteiger charge is -2.31. The van der Waals surface area contributed by atoms with E-state index < -0.39 is 0 Å². The van der Waals surface area contributed by atoms with E-state index >= 15 is 0 Å². The number of aromatic nitrogens is 2. The first-order valence-electron chi connectivity index (χ1n) is 7.87. The summed E-state index contributed by atoms with van der Waals surface area (Å²) in [7, 11) is 0. The molecule has 1 saturated heterocycles. The molecule has 24 heavy (non-hydrogen) atoms. The van der Waals surface area contributed by atoms with Crippen molar-refractivity contribution in [3.63, 3.8) is 0 Å². The van der Waals surface area contributed by atoms with E-state index in [4.69, 9.17) is 33.7 Å². The molecule has 1 aromatic heterocycles. The van der Waals surface area contributed by atoms with Crippen molar-refractivity contribution in [1.29, 1.82) is 0 Å². The topological polar surface area (TPSA) is 64.3 Å². The number of anilines is 2. The van der Waals surface area contributed by atoms with Gasteiger partial charge >= 0.3 is 0 Å². The third kappa shape index (κ3) is 3.58. The Balaban J connectivity index is 2.06. The van der Waals surface area contributed by atoms with Crippen LogP contribution in [-0.2, 0) is 4.74 Å². The molecule has 1 aliphatic rings. The van der Waals surface area contributed by atoms with Gasteiger partial charge in [0, 0.05) is 35.0 Å². The summed E-state index contributed by atoms with van der Waals surface area (Å²) in [5.74, 6) is 1.06. The number of aryl methyl sites for hydroxylation is 2. The fraction of sp³-hybridized carbons (Fsp3) is 0.412. The molecule has 2 N–H and O–H groups in total. The minimum Gasteiger partial charge on any atom is -0.379 e. The highest BCUT2D eigenvalue weighted by Crippen LogP contribution is 2.35. The second-order valence-corrected chi connectivity index (χ2v) is 6.80. The Morgan fingerprint density at radius 2 is 1.96 bits per heavy atom. The van der Waals surface area contributed by atoms with Crippen LogP contribution in [-0.4, -0.2) is 29.7 Å². The molecule has 1 fully saturated rings. The van der Waals surface area contributed by atoms with Crippen LogP contribution in [0.25, 0.3) is 0 Å². The van der Waals surface area contributed by atoms with Crippen LogP contribution in [0.2, 0.25) is 10.0 Å². The molecule has 0 spiro atoms. The van der Waals surface area contributed by atoms with E-state index in [1.54, 1.807) is 6.07 Å². The standard InChI is InChI=1S/C17H20Cl2N4O/c1-10-6-12(14(19)8-13(10)18)15-9-24-5-3-4-23(15)16-7-11(2)21-17(20)22-16/h6-8,15H,3-5,9H2,1-2H3,(H2,20,21,22). The Labute approximate surface area is 151 Å². The molecule has 1 aromatic carbocycles. The summed E-state index contributed by atoms with van der Waals surface area (Å²) in [6.07, 6.45) is 0.906. The minimum atomic E-state index is -0.0512. The van der Waals surface area contributed by atoms with Crippen LogP contribution >= 0.6 is 23.2 Å². The summed E-state index contributed by atoms with van der Waals surface area (Å²) in [5.41, 5.74) is 8.64. The first-order chi connectivity index (χ1) is 11.5. The number of nitrogens with two attached hydrogens (primary N) is 1. The number of nitrogens with zero attached hydrogens (tertiary/aromatic N) is 3. The van der Waals surface area contributed by atoms with Crippen molar-refractivity contribution in [3.8, 4) is 0 Å². The van der Waals surface area contributed by atoms with Crippen molar-refractivity contribution < 1.29 is 4.74 Å². The number of hydrogen-bond acceptors (Lipinski definition) is 5. The first-order valence-corrected chi connectivity index (χ1v) is 8.62. The van der Waals surface area contributed by atoms with E-state index in [1.165, 1.54) is 0 Å². The maximum atomic E-state index is 6.48. The predicted octanol–water partition coefficient (Wildman–Crippen LogP) is 3.95. The molecule has 128 valence electrons. The van der Waals surface area contributed by atoms with Gasteiger partial charge in [0.25, 0.3) is 0 Å². The summed E-state index contributed by atoms with van der Waals surface area (Å²) < 4.78 is 5.79. The number of benzene rings is 1. The molecule has 2 heterocycles. The average molecular weight is 367 g/mol. The van der Waals surface area contributed by atoms with Gasteiger partial charge in [-0.15, -0.1) is 0 Å². The van der Waals surface area contributed by atoms with E-state index in [-0.39, 0.29) is 12.0 Å². The summed E-state index contributed by atoms with van der Waals surface area (Å²) in [6, 6.07) is 5.70. The molecule has 2 aromatic rings.